The van der Waals surface area contributed by atoms with E-state index in [-0.39, 0.29) is 0 Å². The fraction of sp³-hybridized carbons (Fsp3) is 0.273. The van der Waals surface area contributed by atoms with Crippen LogP contribution in [0.3, 0.4) is 0 Å². The van der Waals surface area contributed by atoms with Crippen molar-refractivity contribution in [1.82, 2.24) is 5.32 Å². The van der Waals surface area contributed by atoms with Gasteiger partial charge in [-0.2, -0.15) is 0 Å². The van der Waals surface area contributed by atoms with Crippen LogP contribution >= 0.6 is 15.9 Å². The first kappa shape index (κ1) is 13.7. The van der Waals surface area contributed by atoms with Gasteiger partial charge in [-0.25, -0.2) is 4.79 Å². The molecule has 0 fully saturated rings. The van der Waals surface area contributed by atoms with E-state index < -0.39 is 24.5 Å². The maximum absolute atomic E-state index is 11.8. The SMILES string of the molecule is Cc1cccc(C(=O)NC(CO)C(=O)O)c1Br. The van der Waals surface area contributed by atoms with Crippen molar-refractivity contribution in [3.8, 4) is 0 Å². The Kier molecular flexibility index (Phi) is 4.65. The van der Waals surface area contributed by atoms with Crippen molar-refractivity contribution in [1.29, 1.82) is 0 Å². The smallest absolute Gasteiger partial charge is 0.328 e. The van der Waals surface area contributed by atoms with E-state index >= 15 is 0 Å². The molecule has 0 aromatic heterocycles. The number of hydrogen-bond acceptors (Lipinski definition) is 3. The van der Waals surface area contributed by atoms with Crippen molar-refractivity contribution in [2.75, 3.05) is 6.61 Å². The van der Waals surface area contributed by atoms with E-state index in [1.54, 1.807) is 12.1 Å². The molecular weight excluding hydrogens is 290 g/mol. The van der Waals surface area contributed by atoms with Crippen molar-refractivity contribution in [2.24, 2.45) is 0 Å². The third-order valence-electron chi connectivity index (χ3n) is 2.22. The van der Waals surface area contributed by atoms with Gasteiger partial charge in [-0.1, -0.05) is 12.1 Å². The third kappa shape index (κ3) is 3.28. The van der Waals surface area contributed by atoms with Crippen molar-refractivity contribution >= 4 is 27.8 Å². The molecule has 1 atom stereocenters. The lowest BCUT2D eigenvalue weighted by Gasteiger charge is -2.13. The molecule has 0 aliphatic heterocycles. The molecule has 5 nitrogen and oxygen atoms in total. The molecule has 1 aromatic carbocycles. The average Bonchev–Trinajstić information content (AvgIpc) is 2.28. The first-order valence-electron chi connectivity index (χ1n) is 4.87. The van der Waals surface area contributed by atoms with E-state index in [1.807, 2.05) is 13.0 Å². The van der Waals surface area contributed by atoms with Gasteiger partial charge in [-0.05, 0) is 34.5 Å². The summed E-state index contributed by atoms with van der Waals surface area (Å²) in [7, 11) is 0. The maximum atomic E-state index is 11.8. The molecule has 0 saturated carbocycles. The van der Waals surface area contributed by atoms with Gasteiger partial charge in [0, 0.05) is 4.47 Å². The Labute approximate surface area is 107 Å². The normalized spacial score (nSPS) is 11.9. The number of hydrogen-bond donors (Lipinski definition) is 3. The minimum Gasteiger partial charge on any atom is -0.480 e. The lowest BCUT2D eigenvalue weighted by atomic mass is 10.1. The van der Waals surface area contributed by atoms with Crippen molar-refractivity contribution in [3.05, 3.63) is 33.8 Å². The van der Waals surface area contributed by atoms with Gasteiger partial charge in [0.2, 0.25) is 0 Å². The van der Waals surface area contributed by atoms with E-state index in [0.717, 1.165) is 5.56 Å². The number of halogens is 1. The number of carbonyl (C=O) groups is 2. The summed E-state index contributed by atoms with van der Waals surface area (Å²) in [6.07, 6.45) is 0. The summed E-state index contributed by atoms with van der Waals surface area (Å²) in [6, 6.07) is 3.79. The standard InChI is InChI=1S/C11H12BrNO4/c1-6-3-2-4-7(9(6)12)10(15)13-8(5-14)11(16)17/h2-4,8,14H,5H2,1H3,(H,13,15)(H,16,17). The van der Waals surface area contributed by atoms with Gasteiger partial charge in [0.15, 0.2) is 6.04 Å². The Morgan fingerprint density at radius 1 is 1.47 bits per heavy atom. The molecule has 1 amide bonds. The number of amides is 1. The highest BCUT2D eigenvalue weighted by atomic mass is 79.9. The number of benzene rings is 1. The van der Waals surface area contributed by atoms with Gasteiger partial charge in [-0.15, -0.1) is 0 Å². The lowest BCUT2D eigenvalue weighted by Crippen LogP contribution is -2.43. The van der Waals surface area contributed by atoms with Crippen molar-refractivity contribution in [2.45, 2.75) is 13.0 Å². The van der Waals surface area contributed by atoms with Gasteiger partial charge in [0.05, 0.1) is 12.2 Å². The Morgan fingerprint density at radius 3 is 2.65 bits per heavy atom. The van der Waals surface area contributed by atoms with Crippen LogP contribution in [0.2, 0.25) is 0 Å². The molecule has 6 heteroatoms. The zero-order chi connectivity index (χ0) is 13.0. The Bertz CT molecular complexity index is 447. The number of carboxylic acids is 1. The highest BCUT2D eigenvalue weighted by Gasteiger charge is 2.20. The first-order chi connectivity index (χ1) is 7.97. The van der Waals surface area contributed by atoms with Gasteiger partial charge in [0.25, 0.3) is 5.91 Å². The predicted molar refractivity (Wildman–Crippen MR) is 64.9 cm³/mol. The molecule has 0 aliphatic carbocycles. The largest absolute Gasteiger partial charge is 0.480 e. The van der Waals surface area contributed by atoms with Gasteiger partial charge < -0.3 is 15.5 Å². The number of aryl methyl sites for hydroxylation is 1. The molecule has 17 heavy (non-hydrogen) atoms. The van der Waals surface area contributed by atoms with Crippen LogP contribution in [0.5, 0.6) is 0 Å². The van der Waals surface area contributed by atoms with Crippen LogP contribution in [0.1, 0.15) is 15.9 Å². The van der Waals surface area contributed by atoms with Crippen molar-refractivity contribution < 1.29 is 19.8 Å². The number of carbonyl (C=O) groups excluding carboxylic acids is 1. The molecular formula is C11H12BrNO4. The third-order valence-corrected chi connectivity index (χ3v) is 3.28. The van der Waals surface area contributed by atoms with Crippen LogP contribution in [-0.4, -0.2) is 34.7 Å². The number of aliphatic carboxylic acids is 1. The molecule has 92 valence electrons. The topological polar surface area (TPSA) is 86.6 Å². The van der Waals surface area contributed by atoms with E-state index in [9.17, 15) is 9.59 Å². The molecule has 0 heterocycles. The van der Waals surface area contributed by atoms with E-state index in [2.05, 4.69) is 21.2 Å². The number of rotatable bonds is 4. The molecule has 0 aliphatic rings. The fourth-order valence-corrected chi connectivity index (χ4v) is 1.69. The zero-order valence-electron chi connectivity index (χ0n) is 9.11. The molecule has 0 spiro atoms. The average molecular weight is 302 g/mol. The summed E-state index contributed by atoms with van der Waals surface area (Å²) in [4.78, 5) is 22.4. The fourth-order valence-electron chi connectivity index (χ4n) is 1.24. The summed E-state index contributed by atoms with van der Waals surface area (Å²) in [5.74, 6) is -1.81. The Balaban J connectivity index is 2.90. The molecule has 1 unspecified atom stereocenters. The molecule has 0 bridgehead atoms. The van der Waals surface area contributed by atoms with Crippen LogP contribution in [0.4, 0.5) is 0 Å². The van der Waals surface area contributed by atoms with Crippen LogP contribution in [0.25, 0.3) is 0 Å². The highest BCUT2D eigenvalue weighted by molar-refractivity contribution is 9.10. The van der Waals surface area contributed by atoms with Crippen LogP contribution in [0, 0.1) is 6.92 Å². The lowest BCUT2D eigenvalue weighted by molar-refractivity contribution is -0.140. The molecule has 1 aromatic rings. The summed E-state index contributed by atoms with van der Waals surface area (Å²) in [5, 5.41) is 19.7. The van der Waals surface area contributed by atoms with E-state index in [1.165, 1.54) is 0 Å². The second kappa shape index (κ2) is 5.79. The number of nitrogens with one attached hydrogen (secondary N) is 1. The molecule has 3 N–H and O–H groups in total. The minimum absolute atomic E-state index is 0.338. The van der Waals surface area contributed by atoms with Crippen LogP contribution < -0.4 is 5.32 Å². The number of aliphatic hydroxyl groups excluding tert-OH is 1. The van der Waals surface area contributed by atoms with E-state index in [0.29, 0.717) is 10.0 Å². The van der Waals surface area contributed by atoms with Crippen LogP contribution in [0.15, 0.2) is 22.7 Å². The van der Waals surface area contributed by atoms with Gasteiger partial charge in [-0.3, -0.25) is 4.79 Å². The van der Waals surface area contributed by atoms with E-state index in [4.69, 9.17) is 10.2 Å². The first-order valence-corrected chi connectivity index (χ1v) is 5.66. The van der Waals surface area contributed by atoms with Crippen LogP contribution in [-0.2, 0) is 4.79 Å². The summed E-state index contributed by atoms with van der Waals surface area (Å²) in [5.41, 5.74) is 1.21. The van der Waals surface area contributed by atoms with Crippen molar-refractivity contribution in [3.63, 3.8) is 0 Å². The zero-order valence-corrected chi connectivity index (χ0v) is 10.7. The van der Waals surface area contributed by atoms with Gasteiger partial charge in [0.1, 0.15) is 0 Å². The highest BCUT2D eigenvalue weighted by Crippen LogP contribution is 2.20. The summed E-state index contributed by atoms with van der Waals surface area (Å²) >= 11 is 3.26. The second-order valence-corrected chi connectivity index (χ2v) is 4.28. The quantitative estimate of drug-likeness (QED) is 0.772. The predicted octanol–water partition coefficient (Wildman–Crippen LogP) is 0.933. The number of aliphatic hydroxyl groups is 1. The minimum atomic E-state index is -1.30. The maximum Gasteiger partial charge on any atom is 0.328 e. The summed E-state index contributed by atoms with van der Waals surface area (Å²) < 4.78 is 0.611. The Hall–Kier alpha value is -1.40. The summed E-state index contributed by atoms with van der Waals surface area (Å²) in [6.45, 7) is 1.17. The molecule has 1 rings (SSSR count). The second-order valence-electron chi connectivity index (χ2n) is 3.48. The van der Waals surface area contributed by atoms with Gasteiger partial charge >= 0.3 is 5.97 Å². The number of carboxylic acid groups (broad SMARTS) is 1. The Morgan fingerprint density at radius 2 is 2.12 bits per heavy atom. The monoisotopic (exact) mass is 301 g/mol. The molecule has 0 radical (unpaired) electrons. The molecule has 0 saturated heterocycles.